The molecular formula is C8H12N2O3. The van der Waals surface area contributed by atoms with Crippen molar-refractivity contribution in [1.82, 2.24) is 0 Å². The summed E-state index contributed by atoms with van der Waals surface area (Å²) >= 11 is 0. The van der Waals surface area contributed by atoms with Crippen LogP contribution in [0, 0.1) is 0 Å². The van der Waals surface area contributed by atoms with Crippen LogP contribution >= 0.6 is 0 Å². The number of nitrogen functional groups attached to an aromatic ring is 1. The standard InChI is InChI=1S/C7H7NO3.CH5N/c8-4-2-1-3-5(9)6(4)7(10)11;1-2/h1-3,9H,8H2,(H,10,11);2H2,1H3. The minimum Gasteiger partial charge on any atom is -0.507 e. The minimum atomic E-state index is -1.22. The second-order valence-electron chi connectivity index (χ2n) is 2.05. The van der Waals surface area contributed by atoms with Crippen molar-refractivity contribution in [3.63, 3.8) is 0 Å². The van der Waals surface area contributed by atoms with Crippen molar-refractivity contribution in [2.24, 2.45) is 5.73 Å². The molecule has 0 bridgehead atoms. The van der Waals surface area contributed by atoms with E-state index >= 15 is 0 Å². The molecule has 0 fully saturated rings. The molecule has 6 N–H and O–H groups in total. The van der Waals surface area contributed by atoms with Crippen LogP contribution in [-0.2, 0) is 0 Å². The maximum absolute atomic E-state index is 10.4. The van der Waals surface area contributed by atoms with Crippen molar-refractivity contribution in [1.29, 1.82) is 0 Å². The highest BCUT2D eigenvalue weighted by Gasteiger charge is 2.11. The predicted molar refractivity (Wildman–Crippen MR) is 49.6 cm³/mol. The molecule has 0 radical (unpaired) electrons. The molecule has 72 valence electrons. The summed E-state index contributed by atoms with van der Waals surface area (Å²) in [6, 6.07) is 4.18. The average molecular weight is 184 g/mol. The molecule has 13 heavy (non-hydrogen) atoms. The number of carboxylic acid groups (broad SMARTS) is 1. The van der Waals surface area contributed by atoms with Crippen LogP contribution in [0.15, 0.2) is 18.2 Å². The molecule has 5 heteroatoms. The van der Waals surface area contributed by atoms with Gasteiger partial charge in [-0.2, -0.15) is 0 Å². The molecule has 0 spiro atoms. The van der Waals surface area contributed by atoms with Gasteiger partial charge >= 0.3 is 5.97 Å². The van der Waals surface area contributed by atoms with Crippen molar-refractivity contribution < 1.29 is 15.0 Å². The third-order valence-electron chi connectivity index (χ3n) is 1.29. The molecule has 0 heterocycles. The van der Waals surface area contributed by atoms with E-state index in [1.54, 1.807) is 0 Å². The lowest BCUT2D eigenvalue weighted by Gasteiger charge is -2.01. The molecule has 0 unspecified atom stereocenters. The van der Waals surface area contributed by atoms with E-state index in [2.05, 4.69) is 5.73 Å². The summed E-state index contributed by atoms with van der Waals surface area (Å²) in [5.74, 6) is -1.53. The van der Waals surface area contributed by atoms with E-state index in [9.17, 15) is 4.79 Å². The van der Waals surface area contributed by atoms with E-state index in [4.69, 9.17) is 15.9 Å². The van der Waals surface area contributed by atoms with Crippen LogP contribution in [0.4, 0.5) is 5.69 Å². The summed E-state index contributed by atoms with van der Waals surface area (Å²) in [7, 11) is 1.50. The zero-order valence-electron chi connectivity index (χ0n) is 7.19. The summed E-state index contributed by atoms with van der Waals surface area (Å²) in [6.07, 6.45) is 0. The Morgan fingerprint density at radius 1 is 1.38 bits per heavy atom. The first-order chi connectivity index (χ1) is 6.13. The number of aromatic carboxylic acids is 1. The molecule has 0 aliphatic carbocycles. The SMILES string of the molecule is CN.Nc1cccc(O)c1C(=O)O. The Morgan fingerprint density at radius 2 is 1.92 bits per heavy atom. The largest absolute Gasteiger partial charge is 0.507 e. The van der Waals surface area contributed by atoms with Crippen molar-refractivity contribution in [3.05, 3.63) is 23.8 Å². The summed E-state index contributed by atoms with van der Waals surface area (Å²) in [4.78, 5) is 10.4. The van der Waals surface area contributed by atoms with E-state index < -0.39 is 5.97 Å². The highest BCUT2D eigenvalue weighted by atomic mass is 16.4. The fraction of sp³-hybridized carbons (Fsp3) is 0.125. The Hall–Kier alpha value is -1.75. The molecule has 1 aromatic carbocycles. The van der Waals surface area contributed by atoms with E-state index in [1.165, 1.54) is 25.2 Å². The number of phenols is 1. The van der Waals surface area contributed by atoms with Gasteiger partial charge in [0.2, 0.25) is 0 Å². The molecular weight excluding hydrogens is 172 g/mol. The smallest absolute Gasteiger partial charge is 0.341 e. The number of carboxylic acids is 1. The van der Waals surface area contributed by atoms with Gasteiger partial charge in [-0.05, 0) is 19.2 Å². The normalized spacial score (nSPS) is 8.46. The van der Waals surface area contributed by atoms with Gasteiger partial charge in [-0.1, -0.05) is 6.07 Å². The summed E-state index contributed by atoms with van der Waals surface area (Å²) < 4.78 is 0. The van der Waals surface area contributed by atoms with Gasteiger partial charge in [0, 0.05) is 5.69 Å². The number of benzene rings is 1. The van der Waals surface area contributed by atoms with Gasteiger partial charge in [0.05, 0.1) is 0 Å². The highest BCUT2D eigenvalue weighted by Crippen LogP contribution is 2.22. The number of rotatable bonds is 1. The molecule has 0 aliphatic rings. The van der Waals surface area contributed by atoms with Gasteiger partial charge in [-0.15, -0.1) is 0 Å². The summed E-state index contributed by atoms with van der Waals surface area (Å²) in [5, 5.41) is 17.5. The van der Waals surface area contributed by atoms with Crippen LogP contribution in [0.2, 0.25) is 0 Å². The molecule has 5 nitrogen and oxygen atoms in total. The number of aromatic hydroxyl groups is 1. The average Bonchev–Trinajstić information content (AvgIpc) is 2.07. The van der Waals surface area contributed by atoms with Gasteiger partial charge in [-0.25, -0.2) is 4.79 Å². The Balaban J connectivity index is 0.000000671. The molecule has 0 aromatic heterocycles. The number of hydrogen-bond acceptors (Lipinski definition) is 4. The lowest BCUT2D eigenvalue weighted by atomic mass is 10.1. The zero-order chi connectivity index (χ0) is 10.4. The lowest BCUT2D eigenvalue weighted by molar-refractivity contribution is 0.0695. The first-order valence-electron chi connectivity index (χ1n) is 3.51. The van der Waals surface area contributed by atoms with Crippen LogP contribution in [-0.4, -0.2) is 23.2 Å². The number of anilines is 1. The fourth-order valence-electron chi connectivity index (χ4n) is 0.791. The topological polar surface area (TPSA) is 110 Å². The lowest BCUT2D eigenvalue weighted by Crippen LogP contribution is -2.01. The summed E-state index contributed by atoms with van der Waals surface area (Å²) in [6.45, 7) is 0. The van der Waals surface area contributed by atoms with E-state index in [1.807, 2.05) is 0 Å². The third kappa shape index (κ3) is 2.64. The molecule has 0 aliphatic heterocycles. The predicted octanol–water partition coefficient (Wildman–Crippen LogP) is 0.247. The van der Waals surface area contributed by atoms with Crippen LogP contribution in [0.3, 0.4) is 0 Å². The highest BCUT2D eigenvalue weighted by molar-refractivity contribution is 5.96. The Morgan fingerprint density at radius 3 is 2.23 bits per heavy atom. The first kappa shape index (κ1) is 11.2. The quantitative estimate of drug-likeness (QED) is 0.467. The van der Waals surface area contributed by atoms with Gasteiger partial charge in [0.25, 0.3) is 0 Å². The van der Waals surface area contributed by atoms with Crippen molar-refractivity contribution in [3.8, 4) is 5.75 Å². The second-order valence-corrected chi connectivity index (χ2v) is 2.05. The Kier molecular flexibility index (Phi) is 4.32. The van der Waals surface area contributed by atoms with Gasteiger partial charge in [0.1, 0.15) is 11.3 Å². The molecule has 0 saturated heterocycles. The third-order valence-corrected chi connectivity index (χ3v) is 1.29. The number of nitrogens with two attached hydrogens (primary N) is 2. The molecule has 0 atom stereocenters. The number of hydrogen-bond donors (Lipinski definition) is 4. The monoisotopic (exact) mass is 184 g/mol. The van der Waals surface area contributed by atoms with E-state index in [0.717, 1.165) is 0 Å². The summed E-state index contributed by atoms with van der Waals surface area (Å²) in [5.41, 5.74) is 9.61. The number of carbonyl (C=O) groups is 1. The maximum Gasteiger partial charge on any atom is 0.341 e. The molecule has 0 amide bonds. The van der Waals surface area contributed by atoms with Gasteiger partial charge in [0.15, 0.2) is 0 Å². The van der Waals surface area contributed by atoms with Crippen LogP contribution in [0.1, 0.15) is 10.4 Å². The van der Waals surface area contributed by atoms with Crippen molar-refractivity contribution in [2.75, 3.05) is 12.8 Å². The minimum absolute atomic E-state index is 0.0671. The maximum atomic E-state index is 10.4. The van der Waals surface area contributed by atoms with Crippen molar-refractivity contribution >= 4 is 11.7 Å². The van der Waals surface area contributed by atoms with Gasteiger partial charge in [-0.3, -0.25) is 0 Å². The van der Waals surface area contributed by atoms with E-state index in [0.29, 0.717) is 0 Å². The van der Waals surface area contributed by atoms with Crippen LogP contribution in [0.25, 0.3) is 0 Å². The molecule has 0 saturated carbocycles. The van der Waals surface area contributed by atoms with Crippen LogP contribution in [0.5, 0.6) is 5.75 Å². The zero-order valence-corrected chi connectivity index (χ0v) is 7.19. The van der Waals surface area contributed by atoms with Crippen molar-refractivity contribution in [2.45, 2.75) is 0 Å². The Bertz CT molecular complexity index is 279. The second kappa shape index (κ2) is 5.00. The first-order valence-corrected chi connectivity index (χ1v) is 3.51. The van der Waals surface area contributed by atoms with E-state index in [-0.39, 0.29) is 17.0 Å². The molecule has 1 aromatic rings. The molecule has 1 rings (SSSR count). The Labute approximate surface area is 75.6 Å². The van der Waals surface area contributed by atoms with Gasteiger partial charge < -0.3 is 21.7 Å². The fourth-order valence-corrected chi connectivity index (χ4v) is 0.791. The van der Waals surface area contributed by atoms with Crippen LogP contribution < -0.4 is 11.5 Å².